The highest BCUT2D eigenvalue weighted by Gasteiger charge is 2.30. The molecule has 1 aromatic carbocycles. The van der Waals surface area contributed by atoms with Crippen LogP contribution in [-0.4, -0.2) is 25.8 Å². The summed E-state index contributed by atoms with van der Waals surface area (Å²) in [6.07, 6.45) is 3.74. The smallest absolute Gasteiger partial charge is 0.0507 e. The molecule has 1 aliphatic heterocycles. The van der Waals surface area contributed by atoms with Crippen molar-refractivity contribution in [1.29, 1.82) is 0 Å². The number of nitrogens with one attached hydrogen (secondary N) is 1. The lowest BCUT2D eigenvalue weighted by molar-refractivity contribution is 0.182. The maximum atomic E-state index is 5.90. The Balaban J connectivity index is 1.41. The van der Waals surface area contributed by atoms with E-state index in [0.717, 1.165) is 36.6 Å². The van der Waals surface area contributed by atoms with Crippen LogP contribution in [0.3, 0.4) is 0 Å². The standard InChI is InChI=1S/C15H20ClNO/c16-14-3-1-12(2-4-14)13-7-15(8-13)17-9-11-5-6-18-10-11/h1-4,11,13,15,17H,5-10H2. The Kier molecular flexibility index (Phi) is 3.88. The molecule has 0 aromatic heterocycles. The number of halogens is 1. The highest BCUT2D eigenvalue weighted by atomic mass is 35.5. The molecule has 0 amide bonds. The largest absolute Gasteiger partial charge is 0.381 e. The van der Waals surface area contributed by atoms with E-state index in [1.807, 2.05) is 12.1 Å². The molecule has 0 spiro atoms. The molecule has 2 fully saturated rings. The minimum absolute atomic E-state index is 0.700. The Bertz CT molecular complexity index is 380. The molecule has 18 heavy (non-hydrogen) atoms. The summed E-state index contributed by atoms with van der Waals surface area (Å²) in [5.74, 6) is 1.46. The molecule has 98 valence electrons. The molecule has 3 rings (SSSR count). The van der Waals surface area contributed by atoms with Gasteiger partial charge in [0.25, 0.3) is 0 Å². The molecule has 1 N–H and O–H groups in total. The summed E-state index contributed by atoms with van der Waals surface area (Å²) in [4.78, 5) is 0. The second kappa shape index (κ2) is 5.60. The molecule has 1 heterocycles. The molecule has 1 aliphatic carbocycles. The van der Waals surface area contributed by atoms with Crippen molar-refractivity contribution in [3.05, 3.63) is 34.9 Å². The number of hydrogen-bond donors (Lipinski definition) is 1. The summed E-state index contributed by atoms with van der Waals surface area (Å²) in [6.45, 7) is 3.02. The van der Waals surface area contributed by atoms with Crippen LogP contribution < -0.4 is 5.32 Å². The van der Waals surface area contributed by atoms with Crippen molar-refractivity contribution >= 4 is 11.6 Å². The Labute approximate surface area is 114 Å². The Morgan fingerprint density at radius 2 is 2.00 bits per heavy atom. The van der Waals surface area contributed by atoms with E-state index in [0.29, 0.717) is 6.04 Å². The van der Waals surface area contributed by atoms with Crippen molar-refractivity contribution in [2.45, 2.75) is 31.2 Å². The predicted octanol–water partition coefficient (Wildman–Crippen LogP) is 3.21. The molecule has 1 atom stereocenters. The zero-order valence-electron chi connectivity index (χ0n) is 10.6. The Hall–Kier alpha value is -0.570. The third kappa shape index (κ3) is 2.87. The van der Waals surface area contributed by atoms with Gasteiger partial charge < -0.3 is 10.1 Å². The van der Waals surface area contributed by atoms with Gasteiger partial charge in [0.2, 0.25) is 0 Å². The maximum absolute atomic E-state index is 5.90. The van der Waals surface area contributed by atoms with E-state index >= 15 is 0 Å². The van der Waals surface area contributed by atoms with Gasteiger partial charge in [-0.25, -0.2) is 0 Å². The van der Waals surface area contributed by atoms with Gasteiger partial charge in [-0.05, 0) is 48.8 Å². The summed E-state index contributed by atoms with van der Waals surface area (Å²) >= 11 is 5.90. The van der Waals surface area contributed by atoms with Gasteiger partial charge in [-0.1, -0.05) is 23.7 Å². The first-order chi connectivity index (χ1) is 8.81. The van der Waals surface area contributed by atoms with Crippen molar-refractivity contribution in [2.75, 3.05) is 19.8 Å². The third-order valence-corrected chi connectivity index (χ3v) is 4.45. The third-order valence-electron chi connectivity index (χ3n) is 4.20. The van der Waals surface area contributed by atoms with E-state index < -0.39 is 0 Å². The Morgan fingerprint density at radius 3 is 2.67 bits per heavy atom. The molecule has 2 nitrogen and oxygen atoms in total. The van der Waals surface area contributed by atoms with Gasteiger partial charge in [-0.15, -0.1) is 0 Å². The van der Waals surface area contributed by atoms with E-state index in [9.17, 15) is 0 Å². The van der Waals surface area contributed by atoms with E-state index in [-0.39, 0.29) is 0 Å². The summed E-state index contributed by atoms with van der Waals surface area (Å²) in [6, 6.07) is 9.01. The van der Waals surface area contributed by atoms with Gasteiger partial charge in [0.15, 0.2) is 0 Å². The zero-order chi connectivity index (χ0) is 12.4. The van der Waals surface area contributed by atoms with Gasteiger partial charge in [0.1, 0.15) is 0 Å². The second-order valence-electron chi connectivity index (χ2n) is 5.55. The normalized spacial score (nSPS) is 31.3. The number of benzene rings is 1. The van der Waals surface area contributed by atoms with E-state index in [1.165, 1.54) is 24.8 Å². The van der Waals surface area contributed by atoms with Crippen molar-refractivity contribution < 1.29 is 4.74 Å². The molecule has 0 bridgehead atoms. The summed E-state index contributed by atoms with van der Waals surface area (Å²) in [5, 5.41) is 4.49. The fraction of sp³-hybridized carbons (Fsp3) is 0.600. The minimum Gasteiger partial charge on any atom is -0.381 e. The predicted molar refractivity (Wildman–Crippen MR) is 74.1 cm³/mol. The zero-order valence-corrected chi connectivity index (χ0v) is 11.3. The van der Waals surface area contributed by atoms with Gasteiger partial charge in [-0.2, -0.15) is 0 Å². The summed E-state index contributed by atoms with van der Waals surface area (Å²) in [7, 11) is 0. The van der Waals surface area contributed by atoms with E-state index in [1.54, 1.807) is 0 Å². The minimum atomic E-state index is 0.700. The van der Waals surface area contributed by atoms with Crippen LogP contribution in [0.25, 0.3) is 0 Å². The van der Waals surface area contributed by atoms with Crippen LogP contribution in [0, 0.1) is 5.92 Å². The van der Waals surface area contributed by atoms with Crippen molar-refractivity contribution in [3.8, 4) is 0 Å². The number of ether oxygens (including phenoxy) is 1. The average molecular weight is 266 g/mol. The van der Waals surface area contributed by atoms with Gasteiger partial charge in [0, 0.05) is 24.2 Å². The van der Waals surface area contributed by atoms with Crippen LogP contribution in [0.4, 0.5) is 0 Å². The monoisotopic (exact) mass is 265 g/mol. The molecule has 1 unspecified atom stereocenters. The quantitative estimate of drug-likeness (QED) is 0.903. The lowest BCUT2D eigenvalue weighted by atomic mass is 9.76. The van der Waals surface area contributed by atoms with Crippen molar-refractivity contribution in [2.24, 2.45) is 5.92 Å². The van der Waals surface area contributed by atoms with Crippen LogP contribution in [0.2, 0.25) is 5.02 Å². The van der Waals surface area contributed by atoms with Gasteiger partial charge in [-0.3, -0.25) is 0 Å². The van der Waals surface area contributed by atoms with E-state index in [2.05, 4.69) is 17.4 Å². The summed E-state index contributed by atoms with van der Waals surface area (Å²) in [5.41, 5.74) is 1.43. The molecule has 1 aromatic rings. The van der Waals surface area contributed by atoms with Crippen LogP contribution in [-0.2, 0) is 4.74 Å². The van der Waals surface area contributed by atoms with Crippen LogP contribution in [0.5, 0.6) is 0 Å². The molecular weight excluding hydrogens is 246 g/mol. The number of hydrogen-bond acceptors (Lipinski definition) is 2. The van der Waals surface area contributed by atoms with Crippen LogP contribution in [0.15, 0.2) is 24.3 Å². The van der Waals surface area contributed by atoms with Gasteiger partial charge >= 0.3 is 0 Å². The SMILES string of the molecule is Clc1ccc(C2CC(NCC3CCOC3)C2)cc1. The average Bonchev–Trinajstić information content (AvgIpc) is 2.82. The lowest BCUT2D eigenvalue weighted by Crippen LogP contribution is -2.42. The Morgan fingerprint density at radius 1 is 1.22 bits per heavy atom. The molecular formula is C15H20ClNO. The highest BCUT2D eigenvalue weighted by Crippen LogP contribution is 2.37. The van der Waals surface area contributed by atoms with Crippen LogP contribution >= 0.6 is 11.6 Å². The van der Waals surface area contributed by atoms with Crippen LogP contribution in [0.1, 0.15) is 30.7 Å². The molecule has 3 heteroatoms. The van der Waals surface area contributed by atoms with Crippen molar-refractivity contribution in [3.63, 3.8) is 0 Å². The first-order valence-corrected chi connectivity index (χ1v) is 7.25. The van der Waals surface area contributed by atoms with Crippen molar-refractivity contribution in [1.82, 2.24) is 5.32 Å². The van der Waals surface area contributed by atoms with Gasteiger partial charge in [0.05, 0.1) is 6.61 Å². The molecule has 1 saturated carbocycles. The number of rotatable bonds is 4. The first-order valence-electron chi connectivity index (χ1n) is 6.88. The second-order valence-corrected chi connectivity index (χ2v) is 5.99. The molecule has 0 radical (unpaired) electrons. The maximum Gasteiger partial charge on any atom is 0.0507 e. The first kappa shape index (κ1) is 12.5. The highest BCUT2D eigenvalue weighted by molar-refractivity contribution is 6.30. The van der Waals surface area contributed by atoms with E-state index in [4.69, 9.17) is 16.3 Å². The molecule has 2 aliphatic rings. The summed E-state index contributed by atoms with van der Waals surface area (Å²) < 4.78 is 5.39. The molecule has 1 saturated heterocycles. The topological polar surface area (TPSA) is 21.3 Å². The fourth-order valence-electron chi connectivity index (χ4n) is 2.87. The lowest BCUT2D eigenvalue weighted by Gasteiger charge is -2.37. The fourth-order valence-corrected chi connectivity index (χ4v) is 3.00.